The summed E-state index contributed by atoms with van der Waals surface area (Å²) in [7, 11) is 1.65. The van der Waals surface area contributed by atoms with E-state index >= 15 is 0 Å². The van der Waals surface area contributed by atoms with Crippen LogP contribution < -0.4 is 4.74 Å². The second-order valence-electron chi connectivity index (χ2n) is 2.81. The zero-order chi connectivity index (χ0) is 9.42. The first-order valence-corrected chi connectivity index (χ1v) is 4.69. The molecule has 0 aliphatic rings. The lowest BCUT2D eigenvalue weighted by Gasteiger charge is -2.04. The molecular weight excluding hydrogens is 232 g/mol. The van der Waals surface area contributed by atoms with Gasteiger partial charge in [-0.3, -0.25) is 0 Å². The maximum Gasteiger partial charge on any atom is 0.140 e. The van der Waals surface area contributed by atoms with Crippen molar-refractivity contribution in [3.05, 3.63) is 22.4 Å². The van der Waals surface area contributed by atoms with Gasteiger partial charge in [-0.2, -0.15) is 0 Å². The molecule has 0 saturated carbocycles. The lowest BCUT2D eigenvalue weighted by molar-refractivity contribution is 0.411. The third-order valence-corrected chi connectivity index (χ3v) is 2.71. The molecule has 0 aliphatic heterocycles. The maximum atomic E-state index is 5.18. The molecule has 2 heterocycles. The first kappa shape index (κ1) is 8.56. The van der Waals surface area contributed by atoms with Gasteiger partial charge in [0.25, 0.3) is 0 Å². The Hall–Kier alpha value is -1.03. The zero-order valence-corrected chi connectivity index (χ0v) is 8.97. The molecule has 2 rings (SSSR count). The van der Waals surface area contributed by atoms with Gasteiger partial charge < -0.3 is 9.72 Å². The molecule has 0 radical (unpaired) electrons. The molecule has 2 aromatic rings. The zero-order valence-electron chi connectivity index (χ0n) is 7.39. The minimum absolute atomic E-state index is 0.813. The number of aromatic nitrogens is 2. The van der Waals surface area contributed by atoms with E-state index < -0.39 is 0 Å². The summed E-state index contributed by atoms with van der Waals surface area (Å²) >= 11 is 3.45. The minimum Gasteiger partial charge on any atom is -0.495 e. The van der Waals surface area contributed by atoms with Gasteiger partial charge >= 0.3 is 0 Å². The molecular formula is C9H9BrN2O. The Morgan fingerprint density at radius 2 is 2.31 bits per heavy atom. The highest BCUT2D eigenvalue weighted by molar-refractivity contribution is 9.10. The van der Waals surface area contributed by atoms with Crippen LogP contribution in [0.15, 0.2) is 16.9 Å². The van der Waals surface area contributed by atoms with Crippen molar-refractivity contribution in [2.45, 2.75) is 6.92 Å². The van der Waals surface area contributed by atoms with Crippen molar-refractivity contribution in [1.82, 2.24) is 9.97 Å². The summed E-state index contributed by atoms with van der Waals surface area (Å²) in [6, 6.07) is 0. The Bertz CT molecular complexity index is 450. The molecule has 0 unspecified atom stereocenters. The molecule has 1 N–H and O–H groups in total. The number of nitrogens with zero attached hydrogens (tertiary/aromatic N) is 1. The molecule has 4 heteroatoms. The average Bonchev–Trinajstić information content (AvgIpc) is 2.49. The molecule has 3 nitrogen and oxygen atoms in total. The van der Waals surface area contributed by atoms with Crippen LogP contribution in [-0.2, 0) is 0 Å². The molecule has 0 fully saturated rings. The minimum atomic E-state index is 0.813. The Balaban J connectivity index is 2.83. The highest BCUT2D eigenvalue weighted by Crippen LogP contribution is 2.30. The van der Waals surface area contributed by atoms with Crippen LogP contribution in [0.4, 0.5) is 0 Å². The fourth-order valence-corrected chi connectivity index (χ4v) is 2.00. The van der Waals surface area contributed by atoms with Crippen molar-refractivity contribution in [3.8, 4) is 5.75 Å². The fourth-order valence-electron chi connectivity index (χ4n) is 1.40. The Morgan fingerprint density at radius 3 is 3.00 bits per heavy atom. The van der Waals surface area contributed by atoms with E-state index in [0.29, 0.717) is 0 Å². The predicted octanol–water partition coefficient (Wildman–Crippen LogP) is 2.64. The van der Waals surface area contributed by atoms with Crippen molar-refractivity contribution in [2.24, 2.45) is 0 Å². The van der Waals surface area contributed by atoms with Gasteiger partial charge in [0.05, 0.1) is 13.3 Å². The van der Waals surface area contributed by atoms with Crippen LogP contribution in [0.25, 0.3) is 11.0 Å². The number of aryl methyl sites for hydroxylation is 1. The van der Waals surface area contributed by atoms with E-state index in [1.807, 2.05) is 13.1 Å². The average molecular weight is 241 g/mol. The number of fused-ring (bicyclic) bond motifs is 1. The molecule has 0 atom stereocenters. The van der Waals surface area contributed by atoms with Crippen molar-refractivity contribution >= 4 is 27.0 Å². The highest BCUT2D eigenvalue weighted by atomic mass is 79.9. The number of hydrogen-bond acceptors (Lipinski definition) is 2. The third kappa shape index (κ3) is 1.21. The molecule has 0 bridgehead atoms. The van der Waals surface area contributed by atoms with Crippen LogP contribution in [0.2, 0.25) is 0 Å². The normalized spacial score (nSPS) is 10.7. The van der Waals surface area contributed by atoms with Crippen molar-refractivity contribution < 1.29 is 4.74 Å². The smallest absolute Gasteiger partial charge is 0.140 e. The number of nitrogens with one attached hydrogen (secondary N) is 1. The molecule has 0 aromatic carbocycles. The van der Waals surface area contributed by atoms with Gasteiger partial charge in [-0.1, -0.05) is 0 Å². The van der Waals surface area contributed by atoms with Gasteiger partial charge in [0.2, 0.25) is 0 Å². The summed E-state index contributed by atoms with van der Waals surface area (Å²) < 4.78 is 6.20. The Kier molecular flexibility index (Phi) is 2.00. The summed E-state index contributed by atoms with van der Waals surface area (Å²) in [5.41, 5.74) is 1.98. The monoisotopic (exact) mass is 240 g/mol. The summed E-state index contributed by atoms with van der Waals surface area (Å²) in [5, 5.41) is 1.08. The Labute approximate surface area is 84.3 Å². The number of halogens is 1. The van der Waals surface area contributed by atoms with Gasteiger partial charge in [0.15, 0.2) is 0 Å². The first-order chi connectivity index (χ1) is 6.24. The summed E-state index contributed by atoms with van der Waals surface area (Å²) in [6.07, 6.45) is 3.60. The number of pyridine rings is 1. The lowest BCUT2D eigenvalue weighted by atomic mass is 10.2. The molecule has 2 aromatic heterocycles. The van der Waals surface area contributed by atoms with Crippen LogP contribution in [0, 0.1) is 6.92 Å². The van der Waals surface area contributed by atoms with Crippen LogP contribution in [-0.4, -0.2) is 17.1 Å². The van der Waals surface area contributed by atoms with E-state index in [9.17, 15) is 0 Å². The van der Waals surface area contributed by atoms with E-state index in [-0.39, 0.29) is 0 Å². The summed E-state index contributed by atoms with van der Waals surface area (Å²) in [4.78, 5) is 7.29. The fraction of sp³-hybridized carbons (Fsp3) is 0.222. The summed E-state index contributed by atoms with van der Waals surface area (Å²) in [6.45, 7) is 2.02. The topological polar surface area (TPSA) is 37.9 Å². The van der Waals surface area contributed by atoms with Crippen LogP contribution >= 0.6 is 15.9 Å². The van der Waals surface area contributed by atoms with Crippen LogP contribution in [0.3, 0.4) is 0 Å². The second kappa shape index (κ2) is 3.03. The van der Waals surface area contributed by atoms with Crippen LogP contribution in [0.5, 0.6) is 5.75 Å². The van der Waals surface area contributed by atoms with E-state index in [1.165, 1.54) is 0 Å². The van der Waals surface area contributed by atoms with E-state index in [0.717, 1.165) is 26.8 Å². The number of methoxy groups -OCH3 is 1. The lowest BCUT2D eigenvalue weighted by Crippen LogP contribution is -1.89. The van der Waals surface area contributed by atoms with Crippen molar-refractivity contribution in [2.75, 3.05) is 7.11 Å². The maximum absolute atomic E-state index is 5.18. The van der Waals surface area contributed by atoms with Gasteiger partial charge in [-0.05, 0) is 22.9 Å². The Morgan fingerprint density at radius 1 is 1.54 bits per heavy atom. The predicted molar refractivity (Wildman–Crippen MR) is 55.1 cm³/mol. The standard InChI is InChI=1S/C9H9BrN2O/c1-5-7(13-2)4-12-9-8(5)6(10)3-11-9/h3-4H,1-2H3,(H,11,12). The quantitative estimate of drug-likeness (QED) is 0.833. The van der Waals surface area contributed by atoms with Crippen molar-refractivity contribution in [1.29, 1.82) is 0 Å². The summed E-state index contributed by atoms with van der Waals surface area (Å²) in [5.74, 6) is 0.813. The molecule has 0 saturated heterocycles. The van der Waals surface area contributed by atoms with Gasteiger partial charge in [-0.15, -0.1) is 0 Å². The molecule has 0 spiro atoms. The largest absolute Gasteiger partial charge is 0.495 e. The highest BCUT2D eigenvalue weighted by Gasteiger charge is 2.08. The molecule has 68 valence electrons. The first-order valence-electron chi connectivity index (χ1n) is 3.90. The van der Waals surface area contributed by atoms with Gasteiger partial charge in [0, 0.05) is 21.6 Å². The number of rotatable bonds is 1. The SMILES string of the molecule is COc1cnc2[nH]cc(Br)c2c1C. The number of hydrogen-bond donors (Lipinski definition) is 1. The molecule has 0 aliphatic carbocycles. The van der Waals surface area contributed by atoms with Crippen molar-refractivity contribution in [3.63, 3.8) is 0 Å². The van der Waals surface area contributed by atoms with E-state index in [4.69, 9.17) is 4.74 Å². The number of H-pyrrole nitrogens is 1. The second-order valence-corrected chi connectivity index (χ2v) is 3.67. The van der Waals surface area contributed by atoms with Gasteiger partial charge in [-0.25, -0.2) is 4.98 Å². The van der Waals surface area contributed by atoms with Crippen LogP contribution in [0.1, 0.15) is 5.56 Å². The van der Waals surface area contributed by atoms with E-state index in [2.05, 4.69) is 25.9 Å². The number of aromatic amines is 1. The molecule has 13 heavy (non-hydrogen) atoms. The molecule has 0 amide bonds. The van der Waals surface area contributed by atoms with Gasteiger partial charge in [0.1, 0.15) is 11.4 Å². The van der Waals surface area contributed by atoms with E-state index in [1.54, 1.807) is 13.3 Å². The number of ether oxygens (including phenoxy) is 1. The third-order valence-electron chi connectivity index (χ3n) is 2.09.